The Morgan fingerprint density at radius 3 is 2.67 bits per heavy atom. The average molecular weight is 189 g/mol. The Labute approximate surface area is 75.3 Å². The number of hydrogen-bond acceptors (Lipinski definition) is 2. The molecule has 0 radical (unpaired) electrons. The van der Waals surface area contributed by atoms with E-state index in [0.29, 0.717) is 12.1 Å². The smallest absolute Gasteiger partial charge is 0.142 e. The molecule has 0 bridgehead atoms. The normalized spacial score (nSPS) is 13.0. The van der Waals surface area contributed by atoms with Crippen LogP contribution >= 0.6 is 11.6 Å². The summed E-state index contributed by atoms with van der Waals surface area (Å²) in [6.45, 7) is 0.293. The van der Waals surface area contributed by atoms with Crippen molar-refractivity contribution in [2.45, 2.75) is 6.04 Å². The highest BCUT2D eigenvalue weighted by molar-refractivity contribution is 6.30. The van der Waals surface area contributed by atoms with E-state index in [1.54, 1.807) is 6.07 Å². The summed E-state index contributed by atoms with van der Waals surface area (Å²) in [4.78, 5) is 0. The van der Waals surface area contributed by atoms with Crippen LogP contribution in [-0.4, -0.2) is 6.54 Å². The molecule has 0 unspecified atom stereocenters. The molecule has 1 aromatic carbocycles. The third-order valence-electron chi connectivity index (χ3n) is 1.63. The summed E-state index contributed by atoms with van der Waals surface area (Å²) in [7, 11) is 0. The van der Waals surface area contributed by atoms with E-state index in [1.807, 2.05) is 0 Å². The monoisotopic (exact) mass is 188 g/mol. The van der Waals surface area contributed by atoms with E-state index in [0.717, 1.165) is 0 Å². The van der Waals surface area contributed by atoms with Gasteiger partial charge in [0.2, 0.25) is 0 Å². The fourth-order valence-corrected chi connectivity index (χ4v) is 0.997. The first-order chi connectivity index (χ1) is 5.65. The topological polar surface area (TPSA) is 52.0 Å². The SMILES string of the molecule is NC[C@@H](N)c1ccc(Cl)c(F)c1. The van der Waals surface area contributed by atoms with Crippen molar-refractivity contribution >= 4 is 11.6 Å². The van der Waals surface area contributed by atoms with Gasteiger partial charge in [0.15, 0.2) is 0 Å². The highest BCUT2D eigenvalue weighted by Gasteiger charge is 2.06. The minimum atomic E-state index is -0.460. The molecule has 1 atom stereocenters. The molecule has 0 fully saturated rings. The molecule has 1 aromatic rings. The van der Waals surface area contributed by atoms with Crippen LogP contribution in [0.4, 0.5) is 4.39 Å². The molecule has 1 rings (SSSR count). The standard InChI is InChI=1S/C8H10ClFN2/c9-6-2-1-5(3-7(6)10)8(12)4-11/h1-3,8H,4,11-12H2/t8-/m1/s1. The third kappa shape index (κ3) is 1.94. The molecule has 0 heterocycles. The molecular formula is C8H10ClFN2. The molecule has 0 aliphatic carbocycles. The second-order valence-corrected chi connectivity index (χ2v) is 2.92. The number of rotatable bonds is 2. The Hall–Kier alpha value is -0.640. The van der Waals surface area contributed by atoms with Crippen LogP contribution in [0.15, 0.2) is 18.2 Å². The zero-order valence-electron chi connectivity index (χ0n) is 6.43. The first kappa shape index (κ1) is 9.45. The molecule has 0 spiro atoms. The van der Waals surface area contributed by atoms with Gasteiger partial charge in [-0.2, -0.15) is 0 Å². The van der Waals surface area contributed by atoms with Crippen LogP contribution in [0.25, 0.3) is 0 Å². The summed E-state index contributed by atoms with van der Waals surface area (Å²) in [5.74, 6) is -0.460. The van der Waals surface area contributed by atoms with Crippen molar-refractivity contribution in [1.82, 2.24) is 0 Å². The van der Waals surface area contributed by atoms with Crippen LogP contribution in [0.1, 0.15) is 11.6 Å². The lowest BCUT2D eigenvalue weighted by Crippen LogP contribution is -2.20. The lowest BCUT2D eigenvalue weighted by Gasteiger charge is -2.08. The van der Waals surface area contributed by atoms with Gasteiger partial charge >= 0.3 is 0 Å². The van der Waals surface area contributed by atoms with E-state index in [2.05, 4.69) is 0 Å². The zero-order chi connectivity index (χ0) is 9.14. The van der Waals surface area contributed by atoms with Crippen LogP contribution < -0.4 is 11.5 Å². The van der Waals surface area contributed by atoms with Gasteiger partial charge in [-0.05, 0) is 17.7 Å². The molecule has 0 aliphatic heterocycles. The van der Waals surface area contributed by atoms with Crippen LogP contribution in [0.3, 0.4) is 0 Å². The summed E-state index contributed by atoms with van der Waals surface area (Å²) < 4.78 is 12.8. The Kier molecular flexibility index (Phi) is 3.03. The van der Waals surface area contributed by atoms with Crippen LogP contribution in [0.2, 0.25) is 5.02 Å². The predicted octanol–water partition coefficient (Wildman–Crippen LogP) is 1.44. The Morgan fingerprint density at radius 2 is 2.17 bits per heavy atom. The van der Waals surface area contributed by atoms with Crippen LogP contribution in [0, 0.1) is 5.82 Å². The van der Waals surface area contributed by atoms with E-state index in [4.69, 9.17) is 23.1 Å². The van der Waals surface area contributed by atoms with Crippen LogP contribution in [0.5, 0.6) is 0 Å². The van der Waals surface area contributed by atoms with Gasteiger partial charge in [-0.25, -0.2) is 4.39 Å². The van der Waals surface area contributed by atoms with Gasteiger partial charge in [-0.1, -0.05) is 17.7 Å². The second-order valence-electron chi connectivity index (χ2n) is 2.52. The summed E-state index contributed by atoms with van der Waals surface area (Å²) in [5, 5.41) is 0.1000. The van der Waals surface area contributed by atoms with E-state index < -0.39 is 5.82 Å². The first-order valence-electron chi connectivity index (χ1n) is 3.55. The van der Waals surface area contributed by atoms with Crippen molar-refractivity contribution in [3.05, 3.63) is 34.6 Å². The number of halogens is 2. The third-order valence-corrected chi connectivity index (χ3v) is 1.93. The van der Waals surface area contributed by atoms with E-state index in [9.17, 15) is 4.39 Å². The minimum absolute atomic E-state index is 0.1000. The Morgan fingerprint density at radius 1 is 1.50 bits per heavy atom. The van der Waals surface area contributed by atoms with Crippen molar-refractivity contribution < 1.29 is 4.39 Å². The maximum absolute atomic E-state index is 12.8. The number of benzene rings is 1. The molecule has 12 heavy (non-hydrogen) atoms. The molecule has 0 saturated carbocycles. The minimum Gasteiger partial charge on any atom is -0.329 e. The van der Waals surface area contributed by atoms with Gasteiger partial charge in [0.25, 0.3) is 0 Å². The first-order valence-corrected chi connectivity index (χ1v) is 3.93. The molecule has 4 heteroatoms. The highest BCUT2D eigenvalue weighted by Crippen LogP contribution is 2.18. The average Bonchev–Trinajstić information content (AvgIpc) is 2.08. The predicted molar refractivity (Wildman–Crippen MR) is 47.4 cm³/mol. The van der Waals surface area contributed by atoms with E-state index in [1.165, 1.54) is 12.1 Å². The highest BCUT2D eigenvalue weighted by atomic mass is 35.5. The molecule has 2 nitrogen and oxygen atoms in total. The molecule has 0 amide bonds. The molecule has 4 N–H and O–H groups in total. The largest absolute Gasteiger partial charge is 0.329 e. The van der Waals surface area contributed by atoms with Gasteiger partial charge in [-0.15, -0.1) is 0 Å². The van der Waals surface area contributed by atoms with E-state index >= 15 is 0 Å². The lowest BCUT2D eigenvalue weighted by atomic mass is 10.1. The Balaban J connectivity index is 2.96. The quantitative estimate of drug-likeness (QED) is 0.738. The second kappa shape index (κ2) is 3.85. The molecule has 0 aliphatic rings. The molecule has 66 valence electrons. The Bertz CT molecular complexity index is 278. The van der Waals surface area contributed by atoms with Crippen molar-refractivity contribution in [2.24, 2.45) is 11.5 Å². The van der Waals surface area contributed by atoms with Crippen molar-refractivity contribution in [2.75, 3.05) is 6.54 Å². The van der Waals surface area contributed by atoms with E-state index in [-0.39, 0.29) is 11.1 Å². The van der Waals surface area contributed by atoms with Crippen molar-refractivity contribution in [3.63, 3.8) is 0 Å². The fourth-order valence-electron chi connectivity index (χ4n) is 0.879. The van der Waals surface area contributed by atoms with Gasteiger partial charge < -0.3 is 11.5 Å². The van der Waals surface area contributed by atoms with Gasteiger partial charge in [-0.3, -0.25) is 0 Å². The molecule has 0 saturated heterocycles. The molecule has 0 aromatic heterocycles. The van der Waals surface area contributed by atoms with Crippen molar-refractivity contribution in [3.8, 4) is 0 Å². The summed E-state index contributed by atoms with van der Waals surface area (Å²) in [5.41, 5.74) is 11.6. The van der Waals surface area contributed by atoms with Crippen LogP contribution in [-0.2, 0) is 0 Å². The lowest BCUT2D eigenvalue weighted by molar-refractivity contribution is 0.620. The summed E-state index contributed by atoms with van der Waals surface area (Å²) in [6, 6.07) is 4.13. The maximum atomic E-state index is 12.8. The summed E-state index contributed by atoms with van der Waals surface area (Å²) in [6.07, 6.45) is 0. The maximum Gasteiger partial charge on any atom is 0.142 e. The zero-order valence-corrected chi connectivity index (χ0v) is 7.18. The fraction of sp³-hybridized carbons (Fsp3) is 0.250. The summed E-state index contributed by atoms with van der Waals surface area (Å²) >= 11 is 5.48. The number of nitrogens with two attached hydrogens (primary N) is 2. The number of hydrogen-bond donors (Lipinski definition) is 2. The van der Waals surface area contributed by atoms with Gasteiger partial charge in [0.1, 0.15) is 5.82 Å². The van der Waals surface area contributed by atoms with Crippen molar-refractivity contribution in [1.29, 1.82) is 0 Å². The molecular weight excluding hydrogens is 179 g/mol. The van der Waals surface area contributed by atoms with Gasteiger partial charge in [0, 0.05) is 12.6 Å². The van der Waals surface area contributed by atoms with Gasteiger partial charge in [0.05, 0.1) is 5.02 Å².